The number of nitrogens with one attached hydrogen (secondary N) is 1. The van der Waals surface area contributed by atoms with Crippen molar-refractivity contribution in [3.63, 3.8) is 0 Å². The van der Waals surface area contributed by atoms with Crippen LogP contribution >= 0.6 is 0 Å². The minimum Gasteiger partial charge on any atom is -0.274 e. The van der Waals surface area contributed by atoms with Gasteiger partial charge in [-0.15, -0.1) is 0 Å². The Balaban J connectivity index is 1.92. The molecule has 0 radical (unpaired) electrons. The Morgan fingerprint density at radius 3 is 2.83 bits per heavy atom. The number of hydrogen-bond acceptors (Lipinski definition) is 1. The predicted octanol–water partition coefficient (Wildman–Crippen LogP) is 2.90. The van der Waals surface area contributed by atoms with E-state index in [0.717, 1.165) is 12.1 Å². The molecule has 0 atom stereocenters. The molecule has 0 unspecified atom stereocenters. The minimum atomic E-state index is 0.847. The van der Waals surface area contributed by atoms with Crippen LogP contribution in [-0.4, -0.2) is 30.0 Å². The molecule has 0 saturated heterocycles. The van der Waals surface area contributed by atoms with E-state index in [1.54, 1.807) is 0 Å². The quantitative estimate of drug-likeness (QED) is 0.786. The zero-order chi connectivity index (χ0) is 12.8. The number of hydrogen-bond donors (Lipinski definition) is 1. The summed E-state index contributed by atoms with van der Waals surface area (Å²) in [4.78, 5) is 0. The molecule has 0 amide bonds. The molecule has 18 heavy (non-hydrogen) atoms. The van der Waals surface area contributed by atoms with Crippen LogP contribution in [0.4, 0.5) is 0 Å². The van der Waals surface area contributed by atoms with Crippen LogP contribution in [0.15, 0.2) is 36.9 Å². The maximum absolute atomic E-state index is 4.16. The number of benzene rings is 1. The predicted molar refractivity (Wildman–Crippen MR) is 78.0 cm³/mol. The van der Waals surface area contributed by atoms with Gasteiger partial charge < -0.3 is 0 Å². The van der Waals surface area contributed by atoms with Gasteiger partial charge in [0, 0.05) is 0 Å². The van der Waals surface area contributed by atoms with Gasteiger partial charge in [-0.1, -0.05) is 43.8 Å². The van der Waals surface area contributed by atoms with Gasteiger partial charge >= 0.3 is 0 Å². The van der Waals surface area contributed by atoms with Crippen LogP contribution in [0.2, 0.25) is 0 Å². The minimum absolute atomic E-state index is 0.847. The zero-order valence-electron chi connectivity index (χ0n) is 11.3. The molecule has 1 aliphatic heterocycles. The summed E-state index contributed by atoms with van der Waals surface area (Å²) in [6.07, 6.45) is 3.67. The lowest BCUT2D eigenvalue weighted by atomic mass is 10.1. The van der Waals surface area contributed by atoms with Gasteiger partial charge in [0.05, 0.1) is 19.5 Å². The second-order valence-corrected chi connectivity index (χ2v) is 4.86. The summed E-state index contributed by atoms with van der Waals surface area (Å²) in [5, 5.41) is 3.56. The summed E-state index contributed by atoms with van der Waals surface area (Å²) >= 11 is 0. The van der Waals surface area contributed by atoms with Gasteiger partial charge in [0.15, 0.2) is 0 Å². The molecule has 1 aromatic carbocycles. The van der Waals surface area contributed by atoms with Crippen molar-refractivity contribution in [3.05, 3.63) is 42.5 Å². The van der Waals surface area contributed by atoms with Crippen LogP contribution in [0.25, 0.3) is 5.57 Å². The van der Waals surface area contributed by atoms with E-state index in [4.69, 9.17) is 0 Å². The Kier molecular flexibility index (Phi) is 4.57. The average Bonchev–Trinajstić information content (AvgIpc) is 2.85. The van der Waals surface area contributed by atoms with Gasteiger partial charge in [0.25, 0.3) is 0 Å². The molecule has 1 heterocycles. The monoisotopic (exact) mass is 243 g/mol. The summed E-state index contributed by atoms with van der Waals surface area (Å²) in [5.74, 6) is 1.40. The second-order valence-electron chi connectivity index (χ2n) is 4.86. The van der Waals surface area contributed by atoms with Crippen molar-refractivity contribution >= 4 is 11.4 Å². The second kappa shape index (κ2) is 6.39. The van der Waals surface area contributed by atoms with E-state index in [9.17, 15) is 0 Å². The lowest BCUT2D eigenvalue weighted by Crippen LogP contribution is -2.31. The first kappa shape index (κ1) is 12.9. The maximum Gasteiger partial charge on any atom is 0.245 e. The Morgan fingerprint density at radius 2 is 2.11 bits per heavy atom. The standard InChI is InChI=1S/C16H22N2/c1-3-11-18-12-7-10-16(18)17-13-14(2)15-8-5-4-6-9-15/h4-6,8-9H,2-3,7,10-13H2,1H3/p+1. The fraction of sp³-hybridized carbons (Fsp3) is 0.438. The third-order valence-corrected chi connectivity index (χ3v) is 3.40. The van der Waals surface area contributed by atoms with Crippen molar-refractivity contribution in [2.24, 2.45) is 0 Å². The highest BCUT2D eigenvalue weighted by Gasteiger charge is 2.19. The lowest BCUT2D eigenvalue weighted by Gasteiger charge is -2.07. The van der Waals surface area contributed by atoms with E-state index < -0.39 is 0 Å². The molecule has 1 N–H and O–H groups in total. The van der Waals surface area contributed by atoms with E-state index in [0.29, 0.717) is 0 Å². The first-order valence-corrected chi connectivity index (χ1v) is 6.89. The highest BCUT2D eigenvalue weighted by molar-refractivity contribution is 5.80. The summed E-state index contributed by atoms with van der Waals surface area (Å²) in [5.41, 5.74) is 2.39. The molecule has 96 valence electrons. The molecule has 0 aromatic heterocycles. The average molecular weight is 243 g/mol. The molecular formula is C16H23N2+. The van der Waals surface area contributed by atoms with Crippen molar-refractivity contribution in [1.82, 2.24) is 5.32 Å². The Bertz CT molecular complexity index is 432. The largest absolute Gasteiger partial charge is 0.274 e. The number of rotatable bonds is 5. The summed E-state index contributed by atoms with van der Waals surface area (Å²) in [7, 11) is 0. The first-order chi connectivity index (χ1) is 8.81. The first-order valence-electron chi connectivity index (χ1n) is 6.89. The van der Waals surface area contributed by atoms with E-state index in [1.807, 2.05) is 6.07 Å². The van der Waals surface area contributed by atoms with Gasteiger partial charge in [-0.3, -0.25) is 9.89 Å². The van der Waals surface area contributed by atoms with Crippen LogP contribution in [0.1, 0.15) is 31.7 Å². The van der Waals surface area contributed by atoms with Crippen LogP contribution in [-0.2, 0) is 0 Å². The molecule has 0 fully saturated rings. The Morgan fingerprint density at radius 1 is 1.33 bits per heavy atom. The Labute approximate surface area is 110 Å². The highest BCUT2D eigenvalue weighted by atomic mass is 15.1. The van der Waals surface area contributed by atoms with Gasteiger partial charge in [-0.2, -0.15) is 0 Å². The van der Waals surface area contributed by atoms with Crippen molar-refractivity contribution in [3.8, 4) is 0 Å². The fourth-order valence-electron chi connectivity index (χ4n) is 2.43. The fourth-order valence-corrected chi connectivity index (χ4v) is 2.43. The lowest BCUT2D eigenvalue weighted by molar-refractivity contribution is -0.521. The summed E-state index contributed by atoms with van der Waals surface area (Å²) in [6, 6.07) is 10.4. The number of nitrogens with zero attached hydrogens (tertiary/aromatic N) is 1. The molecule has 0 aliphatic carbocycles. The SMILES string of the molecule is C=C(CNC1=[N+](CCC)CCC1)c1ccccc1. The van der Waals surface area contributed by atoms with Gasteiger partial charge in [-0.25, -0.2) is 0 Å². The summed E-state index contributed by atoms with van der Waals surface area (Å²) < 4.78 is 2.47. The molecule has 1 aromatic rings. The topological polar surface area (TPSA) is 15.0 Å². The summed E-state index contributed by atoms with van der Waals surface area (Å²) in [6.45, 7) is 9.61. The third kappa shape index (κ3) is 3.22. The maximum atomic E-state index is 4.16. The zero-order valence-corrected chi connectivity index (χ0v) is 11.3. The Hall–Kier alpha value is -1.57. The molecule has 0 saturated carbocycles. The van der Waals surface area contributed by atoms with Crippen molar-refractivity contribution < 1.29 is 4.58 Å². The highest BCUT2D eigenvalue weighted by Crippen LogP contribution is 2.11. The van der Waals surface area contributed by atoms with E-state index in [2.05, 4.69) is 47.7 Å². The van der Waals surface area contributed by atoms with Crippen LogP contribution in [0.3, 0.4) is 0 Å². The molecule has 2 nitrogen and oxygen atoms in total. The third-order valence-electron chi connectivity index (χ3n) is 3.40. The van der Waals surface area contributed by atoms with Gasteiger partial charge in [0.2, 0.25) is 5.84 Å². The van der Waals surface area contributed by atoms with Crippen LogP contribution in [0, 0.1) is 0 Å². The van der Waals surface area contributed by atoms with E-state index in [1.165, 1.54) is 43.8 Å². The van der Waals surface area contributed by atoms with Crippen LogP contribution < -0.4 is 5.32 Å². The van der Waals surface area contributed by atoms with Gasteiger partial charge in [-0.05, 0) is 24.0 Å². The molecule has 1 aliphatic rings. The van der Waals surface area contributed by atoms with Crippen LogP contribution in [0.5, 0.6) is 0 Å². The normalized spacial score (nSPS) is 14.9. The van der Waals surface area contributed by atoms with Crippen molar-refractivity contribution in [2.45, 2.75) is 26.2 Å². The molecular weight excluding hydrogens is 220 g/mol. The molecule has 2 heteroatoms. The van der Waals surface area contributed by atoms with Crippen molar-refractivity contribution in [1.29, 1.82) is 0 Å². The van der Waals surface area contributed by atoms with Crippen molar-refractivity contribution in [2.75, 3.05) is 19.6 Å². The van der Waals surface area contributed by atoms with E-state index >= 15 is 0 Å². The molecule has 0 bridgehead atoms. The number of amidine groups is 1. The van der Waals surface area contributed by atoms with E-state index in [-0.39, 0.29) is 0 Å². The smallest absolute Gasteiger partial charge is 0.245 e. The molecule has 0 spiro atoms. The molecule has 2 rings (SSSR count). The van der Waals surface area contributed by atoms with Gasteiger partial charge in [0.1, 0.15) is 6.54 Å².